The summed E-state index contributed by atoms with van der Waals surface area (Å²) < 4.78 is 24.4. The Hall–Kier alpha value is -3.13. The Balaban J connectivity index is 1.60. The molecule has 7 nitrogen and oxygen atoms in total. The van der Waals surface area contributed by atoms with E-state index in [1.807, 2.05) is 0 Å². The second kappa shape index (κ2) is 9.18. The molecule has 0 spiro atoms. The standard InChI is InChI=1S/C20H22FN3O4/c1-27-11-10-24-13-14(12-19(24)25)22-20(26)23-16-7-3-5-9-18(16)28-17-8-4-2-6-15(17)21/h2-9,14H,10-13H2,1H3,(H2,22,23,26)/t14-/m0/s1. The summed E-state index contributed by atoms with van der Waals surface area (Å²) in [5, 5.41) is 5.48. The number of nitrogens with one attached hydrogen (secondary N) is 2. The molecule has 1 fully saturated rings. The van der Waals surface area contributed by atoms with Gasteiger partial charge in [-0.15, -0.1) is 0 Å². The van der Waals surface area contributed by atoms with Gasteiger partial charge in [0, 0.05) is 26.6 Å². The van der Waals surface area contributed by atoms with Gasteiger partial charge in [-0.1, -0.05) is 24.3 Å². The van der Waals surface area contributed by atoms with Gasteiger partial charge in [-0.2, -0.15) is 0 Å². The van der Waals surface area contributed by atoms with Gasteiger partial charge in [0.15, 0.2) is 17.3 Å². The summed E-state index contributed by atoms with van der Waals surface area (Å²) in [6.45, 7) is 1.38. The number of para-hydroxylation sites is 3. The molecule has 0 saturated carbocycles. The Morgan fingerprint density at radius 1 is 1.18 bits per heavy atom. The Bertz CT molecular complexity index is 846. The number of benzene rings is 2. The van der Waals surface area contributed by atoms with E-state index in [-0.39, 0.29) is 24.1 Å². The summed E-state index contributed by atoms with van der Waals surface area (Å²) >= 11 is 0. The van der Waals surface area contributed by atoms with E-state index in [4.69, 9.17) is 9.47 Å². The van der Waals surface area contributed by atoms with Gasteiger partial charge < -0.3 is 25.0 Å². The summed E-state index contributed by atoms with van der Waals surface area (Å²) in [4.78, 5) is 26.0. The Labute approximate surface area is 162 Å². The molecule has 1 atom stereocenters. The molecule has 0 unspecified atom stereocenters. The van der Waals surface area contributed by atoms with Crippen LogP contribution in [0.3, 0.4) is 0 Å². The van der Waals surface area contributed by atoms with Crippen LogP contribution >= 0.6 is 0 Å². The topological polar surface area (TPSA) is 79.9 Å². The third-order valence-corrected chi connectivity index (χ3v) is 4.31. The number of hydrogen-bond acceptors (Lipinski definition) is 4. The largest absolute Gasteiger partial charge is 0.452 e. The van der Waals surface area contributed by atoms with Gasteiger partial charge in [0.05, 0.1) is 18.3 Å². The Kier molecular flexibility index (Phi) is 6.44. The fourth-order valence-electron chi connectivity index (χ4n) is 2.94. The highest BCUT2D eigenvalue weighted by atomic mass is 19.1. The van der Waals surface area contributed by atoms with Gasteiger partial charge in [0.25, 0.3) is 0 Å². The van der Waals surface area contributed by atoms with Crippen LogP contribution in [0.25, 0.3) is 0 Å². The third kappa shape index (κ3) is 4.98. The number of hydrogen-bond donors (Lipinski definition) is 2. The van der Waals surface area contributed by atoms with Crippen LogP contribution < -0.4 is 15.4 Å². The first-order chi connectivity index (χ1) is 13.6. The van der Waals surface area contributed by atoms with Crippen LogP contribution in [-0.2, 0) is 9.53 Å². The molecular formula is C20H22FN3O4. The predicted octanol–water partition coefficient (Wildman–Crippen LogP) is 2.99. The minimum Gasteiger partial charge on any atom is -0.452 e. The molecule has 2 aromatic rings. The number of carbonyl (C=O) groups excluding carboxylic acids is 2. The predicted molar refractivity (Wildman–Crippen MR) is 102 cm³/mol. The molecule has 28 heavy (non-hydrogen) atoms. The maximum Gasteiger partial charge on any atom is 0.319 e. The van der Waals surface area contributed by atoms with Gasteiger partial charge in [0.2, 0.25) is 5.91 Å². The van der Waals surface area contributed by atoms with Gasteiger partial charge in [0.1, 0.15) is 0 Å². The monoisotopic (exact) mass is 387 g/mol. The molecule has 0 aromatic heterocycles. The highest BCUT2D eigenvalue weighted by Crippen LogP contribution is 2.30. The summed E-state index contributed by atoms with van der Waals surface area (Å²) in [6, 6.07) is 12.0. The number of ether oxygens (including phenoxy) is 2. The van der Waals surface area contributed by atoms with Crippen LogP contribution in [0, 0.1) is 5.82 Å². The lowest BCUT2D eigenvalue weighted by Gasteiger charge is -2.17. The van der Waals surface area contributed by atoms with E-state index in [2.05, 4.69) is 10.6 Å². The molecule has 1 saturated heterocycles. The zero-order chi connectivity index (χ0) is 19.9. The van der Waals surface area contributed by atoms with Crippen LogP contribution in [-0.4, -0.2) is 49.7 Å². The molecular weight excluding hydrogens is 365 g/mol. The van der Waals surface area contributed by atoms with Crippen LogP contribution in [0.1, 0.15) is 6.42 Å². The smallest absolute Gasteiger partial charge is 0.319 e. The highest BCUT2D eigenvalue weighted by molar-refractivity contribution is 5.92. The fourth-order valence-corrected chi connectivity index (χ4v) is 2.94. The Morgan fingerprint density at radius 2 is 1.89 bits per heavy atom. The van der Waals surface area contributed by atoms with Crippen molar-refractivity contribution in [3.8, 4) is 11.5 Å². The van der Waals surface area contributed by atoms with Crippen molar-refractivity contribution in [2.45, 2.75) is 12.5 Å². The maximum atomic E-state index is 13.8. The van der Waals surface area contributed by atoms with Crippen LogP contribution in [0.5, 0.6) is 11.5 Å². The average Bonchev–Trinajstić information content (AvgIpc) is 3.02. The number of nitrogens with zero attached hydrogens (tertiary/aromatic N) is 1. The number of methoxy groups -OCH3 is 1. The molecule has 0 bridgehead atoms. The van der Waals surface area contributed by atoms with Gasteiger partial charge in [-0.05, 0) is 24.3 Å². The van der Waals surface area contributed by atoms with Crippen LogP contribution in [0.4, 0.5) is 14.9 Å². The van der Waals surface area contributed by atoms with Crippen molar-refractivity contribution in [2.24, 2.45) is 0 Å². The van der Waals surface area contributed by atoms with Gasteiger partial charge in [-0.3, -0.25) is 4.79 Å². The van der Waals surface area contributed by atoms with Crippen molar-refractivity contribution in [2.75, 3.05) is 32.1 Å². The van der Waals surface area contributed by atoms with Crippen molar-refractivity contribution in [1.29, 1.82) is 0 Å². The lowest BCUT2D eigenvalue weighted by Crippen LogP contribution is -2.40. The first-order valence-corrected chi connectivity index (χ1v) is 8.92. The first kappa shape index (κ1) is 19.6. The van der Waals surface area contributed by atoms with E-state index < -0.39 is 11.8 Å². The summed E-state index contributed by atoms with van der Waals surface area (Å²) in [7, 11) is 1.57. The lowest BCUT2D eigenvalue weighted by molar-refractivity contribution is -0.128. The van der Waals surface area contributed by atoms with Gasteiger partial charge in [-0.25, -0.2) is 9.18 Å². The van der Waals surface area contributed by atoms with E-state index >= 15 is 0 Å². The minimum absolute atomic E-state index is 0.0226. The molecule has 0 aliphatic carbocycles. The number of carbonyl (C=O) groups is 2. The van der Waals surface area contributed by atoms with E-state index in [0.29, 0.717) is 31.1 Å². The van der Waals surface area contributed by atoms with Crippen LogP contribution in [0.2, 0.25) is 0 Å². The highest BCUT2D eigenvalue weighted by Gasteiger charge is 2.30. The van der Waals surface area contributed by atoms with Crippen molar-refractivity contribution in [1.82, 2.24) is 10.2 Å². The number of likely N-dealkylation sites (tertiary alicyclic amines) is 1. The van der Waals surface area contributed by atoms with Crippen molar-refractivity contribution in [3.05, 3.63) is 54.3 Å². The number of rotatable bonds is 7. The number of urea groups is 1. The normalized spacial score (nSPS) is 16.1. The van der Waals surface area contributed by atoms with E-state index in [0.717, 1.165) is 0 Å². The zero-order valence-corrected chi connectivity index (χ0v) is 15.5. The first-order valence-electron chi connectivity index (χ1n) is 8.92. The molecule has 3 amide bonds. The van der Waals surface area contributed by atoms with Crippen LogP contribution in [0.15, 0.2) is 48.5 Å². The summed E-state index contributed by atoms with van der Waals surface area (Å²) in [5.74, 6) is -0.146. The molecule has 2 aromatic carbocycles. The average molecular weight is 387 g/mol. The maximum absolute atomic E-state index is 13.8. The molecule has 1 aliphatic rings. The van der Waals surface area contributed by atoms with Crippen molar-refractivity contribution >= 4 is 17.6 Å². The minimum atomic E-state index is -0.498. The fraction of sp³-hybridized carbons (Fsp3) is 0.300. The molecule has 148 valence electrons. The second-order valence-corrected chi connectivity index (χ2v) is 6.36. The molecule has 8 heteroatoms. The Morgan fingerprint density at radius 3 is 2.64 bits per heavy atom. The number of anilines is 1. The van der Waals surface area contributed by atoms with E-state index in [1.54, 1.807) is 48.4 Å². The molecule has 2 N–H and O–H groups in total. The van der Waals surface area contributed by atoms with Crippen molar-refractivity contribution < 1.29 is 23.5 Å². The molecule has 1 heterocycles. The summed E-state index contributed by atoms with van der Waals surface area (Å²) in [6.07, 6.45) is 0.241. The van der Waals surface area contributed by atoms with E-state index in [1.165, 1.54) is 12.1 Å². The van der Waals surface area contributed by atoms with E-state index in [9.17, 15) is 14.0 Å². The molecule has 1 aliphatic heterocycles. The van der Waals surface area contributed by atoms with Crippen molar-refractivity contribution in [3.63, 3.8) is 0 Å². The SMILES string of the molecule is COCCN1C[C@@H](NC(=O)Nc2ccccc2Oc2ccccc2F)CC1=O. The number of halogens is 1. The quantitative estimate of drug-likeness (QED) is 0.766. The molecule has 0 radical (unpaired) electrons. The second-order valence-electron chi connectivity index (χ2n) is 6.36. The summed E-state index contributed by atoms with van der Waals surface area (Å²) in [5.41, 5.74) is 0.392. The molecule has 3 rings (SSSR count). The van der Waals surface area contributed by atoms with Gasteiger partial charge >= 0.3 is 6.03 Å². The lowest BCUT2D eigenvalue weighted by atomic mass is 10.2. The zero-order valence-electron chi connectivity index (χ0n) is 15.5. The number of amides is 3. The third-order valence-electron chi connectivity index (χ3n) is 4.31.